The van der Waals surface area contributed by atoms with Crippen molar-refractivity contribution in [3.05, 3.63) is 127 Å². The number of hydrogen-bond acceptors (Lipinski definition) is 7. The van der Waals surface area contributed by atoms with Crippen molar-refractivity contribution >= 4 is 27.2 Å². The molecule has 2 N–H and O–H groups in total. The van der Waals surface area contributed by atoms with Gasteiger partial charge in [-0.05, 0) is 75.5 Å². The molecule has 8 aromatic rings. The SMILES string of the molecule is Cc1cc(-c2ccc(-c3nnc(-c4cccc5ccccc45)o3)c(N)c2)ccc1-c1nnc(-c2cccc3ccccc23)o1. The molecule has 0 saturated heterocycles. The lowest BCUT2D eigenvalue weighted by atomic mass is 9.98. The van der Waals surface area contributed by atoms with Crippen molar-refractivity contribution < 1.29 is 8.83 Å². The third-order valence-electron chi connectivity index (χ3n) is 7.96. The van der Waals surface area contributed by atoms with Crippen molar-refractivity contribution in [1.29, 1.82) is 0 Å². The predicted octanol–water partition coefficient (Wildman–Crippen LogP) is 8.98. The van der Waals surface area contributed by atoms with E-state index in [0.717, 1.165) is 54.9 Å². The Hall–Kier alpha value is -6.08. The molecule has 2 aromatic heterocycles. The van der Waals surface area contributed by atoms with Crippen molar-refractivity contribution in [3.8, 4) is 56.9 Å². The zero-order chi connectivity index (χ0) is 29.6. The minimum atomic E-state index is 0.377. The fraction of sp³-hybridized carbons (Fsp3) is 0.0270. The first-order chi connectivity index (χ1) is 21.6. The molecular weight excluding hydrogens is 546 g/mol. The number of anilines is 1. The monoisotopic (exact) mass is 571 g/mol. The van der Waals surface area contributed by atoms with Crippen LogP contribution in [0.25, 0.3) is 78.5 Å². The highest BCUT2D eigenvalue weighted by Gasteiger charge is 2.17. The van der Waals surface area contributed by atoms with Crippen molar-refractivity contribution in [3.63, 3.8) is 0 Å². The van der Waals surface area contributed by atoms with Gasteiger partial charge in [-0.3, -0.25) is 0 Å². The maximum atomic E-state index is 6.52. The van der Waals surface area contributed by atoms with E-state index in [9.17, 15) is 0 Å². The van der Waals surface area contributed by atoms with E-state index in [0.29, 0.717) is 34.8 Å². The summed E-state index contributed by atoms with van der Waals surface area (Å²) in [4.78, 5) is 0. The molecule has 0 spiro atoms. The minimum Gasteiger partial charge on any atom is -0.416 e. The molecule has 0 unspecified atom stereocenters. The molecule has 7 nitrogen and oxygen atoms in total. The van der Waals surface area contributed by atoms with E-state index in [1.807, 2.05) is 91.9 Å². The molecule has 7 heteroatoms. The van der Waals surface area contributed by atoms with Crippen LogP contribution in [0.5, 0.6) is 0 Å². The predicted molar refractivity (Wildman–Crippen MR) is 173 cm³/mol. The molecule has 2 heterocycles. The summed E-state index contributed by atoms with van der Waals surface area (Å²) in [6, 6.07) is 40.4. The van der Waals surface area contributed by atoms with Gasteiger partial charge in [0.1, 0.15) is 0 Å². The molecular formula is C37H25N5O2. The quantitative estimate of drug-likeness (QED) is 0.206. The van der Waals surface area contributed by atoms with Gasteiger partial charge < -0.3 is 14.6 Å². The van der Waals surface area contributed by atoms with Crippen LogP contribution in [0.1, 0.15) is 5.56 Å². The Bertz CT molecular complexity index is 2160. The van der Waals surface area contributed by atoms with Crippen LogP contribution in [0.2, 0.25) is 0 Å². The molecule has 0 aliphatic rings. The number of fused-ring (bicyclic) bond motifs is 2. The highest BCUT2D eigenvalue weighted by Crippen LogP contribution is 2.36. The lowest BCUT2D eigenvalue weighted by molar-refractivity contribution is 0.584. The Balaban J connectivity index is 1.07. The van der Waals surface area contributed by atoms with Crippen LogP contribution in [0, 0.1) is 6.92 Å². The van der Waals surface area contributed by atoms with Gasteiger partial charge in [0.25, 0.3) is 0 Å². The van der Waals surface area contributed by atoms with E-state index in [1.165, 1.54) is 0 Å². The maximum Gasteiger partial charge on any atom is 0.250 e. The van der Waals surface area contributed by atoms with Crippen molar-refractivity contribution in [2.24, 2.45) is 0 Å². The molecule has 44 heavy (non-hydrogen) atoms. The molecule has 0 aliphatic heterocycles. The number of rotatable bonds is 5. The standard InChI is InChI=1S/C37H25N5O2/c1-22-20-25(16-18-27(22)34-39-40-35(43-34)30-14-6-10-23-8-2-4-12-28(23)30)26-17-19-32(33(38)21-26)37-42-41-36(44-37)31-15-7-11-24-9-3-5-13-29(24)31/h2-21H,38H2,1H3. The minimum absolute atomic E-state index is 0.377. The zero-order valence-electron chi connectivity index (χ0n) is 23.7. The largest absolute Gasteiger partial charge is 0.416 e. The molecule has 0 fully saturated rings. The summed E-state index contributed by atoms with van der Waals surface area (Å²) in [5.41, 5.74) is 13.4. The van der Waals surface area contributed by atoms with Crippen LogP contribution in [-0.2, 0) is 0 Å². The first-order valence-corrected chi connectivity index (χ1v) is 14.3. The summed E-state index contributed by atoms with van der Waals surface area (Å²) in [5.74, 6) is 1.80. The molecule has 0 amide bonds. The second kappa shape index (κ2) is 10.3. The Labute approximate surface area is 252 Å². The summed E-state index contributed by atoms with van der Waals surface area (Å²) < 4.78 is 12.3. The van der Waals surface area contributed by atoms with Crippen LogP contribution in [0.3, 0.4) is 0 Å². The first kappa shape index (κ1) is 25.6. The molecule has 6 aromatic carbocycles. The fourth-order valence-corrected chi connectivity index (χ4v) is 5.73. The number of hydrogen-bond donors (Lipinski definition) is 1. The van der Waals surface area contributed by atoms with Crippen molar-refractivity contribution in [1.82, 2.24) is 20.4 Å². The Kier molecular flexibility index (Phi) is 6.01. The number of aromatic nitrogens is 4. The van der Waals surface area contributed by atoms with E-state index in [4.69, 9.17) is 14.6 Å². The molecule has 0 atom stereocenters. The average Bonchev–Trinajstić information content (AvgIpc) is 3.75. The van der Waals surface area contributed by atoms with Crippen LogP contribution in [-0.4, -0.2) is 20.4 Å². The second-order valence-corrected chi connectivity index (χ2v) is 10.7. The highest BCUT2D eigenvalue weighted by molar-refractivity contribution is 5.95. The van der Waals surface area contributed by atoms with Crippen LogP contribution < -0.4 is 5.73 Å². The summed E-state index contributed by atoms with van der Waals surface area (Å²) >= 11 is 0. The van der Waals surface area contributed by atoms with Crippen LogP contribution >= 0.6 is 0 Å². The molecule has 0 aliphatic carbocycles. The summed E-state index contributed by atoms with van der Waals surface area (Å²) in [5, 5.41) is 21.7. The molecule has 0 bridgehead atoms. The van der Waals surface area contributed by atoms with Gasteiger partial charge in [-0.1, -0.05) is 91.0 Å². The molecule has 0 radical (unpaired) electrons. The average molecular weight is 572 g/mol. The summed E-state index contributed by atoms with van der Waals surface area (Å²) in [7, 11) is 0. The Morgan fingerprint density at radius 1 is 0.455 bits per heavy atom. The van der Waals surface area contributed by atoms with Gasteiger partial charge in [-0.15, -0.1) is 20.4 Å². The highest BCUT2D eigenvalue weighted by atomic mass is 16.4. The fourth-order valence-electron chi connectivity index (χ4n) is 5.73. The van der Waals surface area contributed by atoms with Gasteiger partial charge >= 0.3 is 0 Å². The van der Waals surface area contributed by atoms with Crippen LogP contribution in [0.4, 0.5) is 5.69 Å². The van der Waals surface area contributed by atoms with Crippen LogP contribution in [0.15, 0.2) is 130 Å². The Morgan fingerprint density at radius 3 is 1.45 bits per heavy atom. The molecule has 8 rings (SSSR count). The normalized spacial score (nSPS) is 11.4. The van der Waals surface area contributed by atoms with E-state index in [1.54, 1.807) is 0 Å². The van der Waals surface area contributed by atoms with Gasteiger partial charge in [-0.2, -0.15) is 0 Å². The number of benzene rings is 6. The number of nitrogens with two attached hydrogens (primary N) is 1. The third kappa shape index (κ3) is 4.39. The van der Waals surface area contributed by atoms with Crippen molar-refractivity contribution in [2.45, 2.75) is 6.92 Å². The summed E-state index contributed by atoms with van der Waals surface area (Å²) in [6.07, 6.45) is 0. The van der Waals surface area contributed by atoms with E-state index in [2.05, 4.69) is 56.8 Å². The maximum absolute atomic E-state index is 6.52. The number of nitrogen functional groups attached to an aromatic ring is 1. The van der Waals surface area contributed by atoms with Gasteiger partial charge in [0.15, 0.2) is 0 Å². The van der Waals surface area contributed by atoms with Gasteiger partial charge in [0.05, 0.1) is 5.56 Å². The van der Waals surface area contributed by atoms with E-state index < -0.39 is 0 Å². The number of nitrogens with zero attached hydrogens (tertiary/aromatic N) is 4. The molecule has 0 saturated carbocycles. The first-order valence-electron chi connectivity index (χ1n) is 14.3. The lowest BCUT2D eigenvalue weighted by Gasteiger charge is -2.09. The Morgan fingerprint density at radius 2 is 0.909 bits per heavy atom. The smallest absolute Gasteiger partial charge is 0.250 e. The lowest BCUT2D eigenvalue weighted by Crippen LogP contribution is -1.92. The summed E-state index contributed by atoms with van der Waals surface area (Å²) in [6.45, 7) is 2.03. The van der Waals surface area contributed by atoms with Gasteiger partial charge in [-0.25, -0.2) is 0 Å². The third-order valence-corrected chi connectivity index (χ3v) is 7.96. The van der Waals surface area contributed by atoms with E-state index >= 15 is 0 Å². The van der Waals surface area contributed by atoms with Gasteiger partial charge in [0, 0.05) is 22.4 Å². The number of aryl methyl sites for hydroxylation is 1. The van der Waals surface area contributed by atoms with Crippen molar-refractivity contribution in [2.75, 3.05) is 5.73 Å². The van der Waals surface area contributed by atoms with Gasteiger partial charge in [0.2, 0.25) is 23.6 Å². The zero-order valence-corrected chi connectivity index (χ0v) is 23.7. The molecule has 210 valence electrons. The van der Waals surface area contributed by atoms with E-state index in [-0.39, 0.29) is 0 Å². The topological polar surface area (TPSA) is 104 Å². The second-order valence-electron chi connectivity index (χ2n) is 10.7.